The van der Waals surface area contributed by atoms with Gasteiger partial charge < -0.3 is 9.72 Å². The third-order valence-electron chi connectivity index (χ3n) is 6.28. The third-order valence-corrected chi connectivity index (χ3v) is 6.28. The van der Waals surface area contributed by atoms with Gasteiger partial charge in [-0.1, -0.05) is 30.3 Å². The molecule has 0 amide bonds. The SMILES string of the molecule is Cc1nc(-c2ccc(C(=O)OCC(=O)n3c4c(c5ccccc53)CCCC4)cc2)[nH]c1C. The number of hydrogen-bond acceptors (Lipinski definition) is 4. The average molecular weight is 428 g/mol. The first-order valence-corrected chi connectivity index (χ1v) is 11.0. The van der Waals surface area contributed by atoms with Crippen molar-refractivity contribution >= 4 is 22.8 Å². The van der Waals surface area contributed by atoms with E-state index in [0.717, 1.165) is 65.1 Å². The zero-order chi connectivity index (χ0) is 22.2. The Bertz CT molecular complexity index is 1310. The van der Waals surface area contributed by atoms with Crippen LogP contribution in [0.15, 0.2) is 48.5 Å². The number of hydrogen-bond donors (Lipinski definition) is 1. The number of ether oxygens (including phenoxy) is 1. The Morgan fingerprint density at radius 1 is 1.03 bits per heavy atom. The van der Waals surface area contributed by atoms with Crippen molar-refractivity contribution in [3.8, 4) is 11.4 Å². The molecule has 6 nitrogen and oxygen atoms in total. The second kappa shape index (κ2) is 8.11. The van der Waals surface area contributed by atoms with Gasteiger partial charge >= 0.3 is 5.97 Å². The molecule has 2 aromatic heterocycles. The Morgan fingerprint density at radius 2 is 1.78 bits per heavy atom. The first-order chi connectivity index (χ1) is 15.5. The van der Waals surface area contributed by atoms with Crippen LogP contribution in [0.4, 0.5) is 0 Å². The number of carbonyl (C=O) groups excluding carboxylic acids is 2. The molecule has 0 saturated heterocycles. The molecule has 0 atom stereocenters. The third kappa shape index (κ3) is 3.51. The number of aromatic amines is 1. The van der Waals surface area contributed by atoms with Crippen LogP contribution < -0.4 is 0 Å². The summed E-state index contributed by atoms with van der Waals surface area (Å²) in [4.78, 5) is 33.4. The number of aromatic nitrogens is 3. The number of rotatable bonds is 4. The van der Waals surface area contributed by atoms with Crippen molar-refractivity contribution in [1.82, 2.24) is 14.5 Å². The van der Waals surface area contributed by atoms with Crippen molar-refractivity contribution in [2.24, 2.45) is 0 Å². The second-order valence-electron chi connectivity index (χ2n) is 8.33. The van der Waals surface area contributed by atoms with Crippen LogP contribution in [-0.4, -0.2) is 33.0 Å². The molecule has 4 aromatic rings. The molecular weight excluding hydrogens is 402 g/mol. The highest BCUT2D eigenvalue weighted by atomic mass is 16.5. The van der Waals surface area contributed by atoms with Crippen LogP contribution in [-0.2, 0) is 17.6 Å². The summed E-state index contributed by atoms with van der Waals surface area (Å²) in [5, 5.41) is 1.13. The van der Waals surface area contributed by atoms with Crippen LogP contribution in [0, 0.1) is 13.8 Å². The number of nitrogens with zero attached hydrogens (tertiary/aromatic N) is 2. The van der Waals surface area contributed by atoms with Gasteiger partial charge in [-0.15, -0.1) is 0 Å². The Hall–Kier alpha value is -3.67. The van der Waals surface area contributed by atoms with Crippen molar-refractivity contribution in [2.45, 2.75) is 39.5 Å². The van der Waals surface area contributed by atoms with Gasteiger partial charge in [-0.05, 0) is 63.3 Å². The smallest absolute Gasteiger partial charge is 0.338 e. The van der Waals surface area contributed by atoms with E-state index in [9.17, 15) is 9.59 Å². The van der Waals surface area contributed by atoms with Crippen molar-refractivity contribution in [3.63, 3.8) is 0 Å². The molecule has 6 heteroatoms. The van der Waals surface area contributed by atoms with E-state index in [1.807, 2.05) is 44.2 Å². The molecule has 1 aliphatic carbocycles. The summed E-state index contributed by atoms with van der Waals surface area (Å²) < 4.78 is 7.14. The summed E-state index contributed by atoms with van der Waals surface area (Å²) >= 11 is 0. The highest BCUT2D eigenvalue weighted by Crippen LogP contribution is 2.32. The predicted molar refractivity (Wildman–Crippen MR) is 123 cm³/mol. The highest BCUT2D eigenvalue weighted by molar-refractivity contribution is 5.98. The molecular formula is C26H25N3O3. The number of para-hydroxylation sites is 1. The Morgan fingerprint density at radius 3 is 2.53 bits per heavy atom. The first-order valence-electron chi connectivity index (χ1n) is 11.0. The standard InChI is InChI=1S/C26H25N3O3/c1-16-17(2)28-25(27-16)18-11-13-19(14-12-18)26(31)32-15-24(30)29-22-9-5-3-7-20(22)21-8-4-6-10-23(21)29/h3,5,7,9,11-14H,4,6,8,10,15H2,1-2H3,(H,27,28). The van der Waals surface area contributed by atoms with Gasteiger partial charge in [0.1, 0.15) is 5.82 Å². The molecule has 0 spiro atoms. The molecule has 0 saturated carbocycles. The number of carbonyl (C=O) groups is 2. The number of fused-ring (bicyclic) bond motifs is 3. The fraction of sp³-hybridized carbons (Fsp3) is 0.269. The Balaban J connectivity index is 1.32. The van der Waals surface area contributed by atoms with Crippen molar-refractivity contribution in [3.05, 3.63) is 76.7 Å². The van der Waals surface area contributed by atoms with E-state index >= 15 is 0 Å². The number of H-pyrrole nitrogens is 1. The Kier molecular flexibility index (Phi) is 5.13. The zero-order valence-electron chi connectivity index (χ0n) is 18.3. The molecule has 0 radical (unpaired) electrons. The molecule has 0 unspecified atom stereocenters. The summed E-state index contributed by atoms with van der Waals surface area (Å²) in [6.45, 7) is 3.63. The van der Waals surface area contributed by atoms with Gasteiger partial charge in [0, 0.05) is 22.3 Å². The van der Waals surface area contributed by atoms with Crippen LogP contribution >= 0.6 is 0 Å². The molecule has 1 N–H and O–H groups in total. The molecule has 1 aliphatic rings. The van der Waals surface area contributed by atoms with E-state index in [-0.39, 0.29) is 12.5 Å². The van der Waals surface area contributed by atoms with Gasteiger partial charge in [0.15, 0.2) is 6.61 Å². The topological polar surface area (TPSA) is 77.0 Å². The largest absolute Gasteiger partial charge is 0.452 e. The van der Waals surface area contributed by atoms with E-state index < -0.39 is 5.97 Å². The van der Waals surface area contributed by atoms with E-state index in [1.165, 1.54) is 5.56 Å². The molecule has 5 rings (SSSR count). The fourth-order valence-corrected chi connectivity index (χ4v) is 4.50. The number of imidazole rings is 1. The van der Waals surface area contributed by atoms with E-state index in [0.29, 0.717) is 5.56 Å². The second-order valence-corrected chi connectivity index (χ2v) is 8.33. The minimum atomic E-state index is -0.512. The monoisotopic (exact) mass is 427 g/mol. The quantitative estimate of drug-likeness (QED) is 0.464. The molecule has 0 bridgehead atoms. The maximum atomic E-state index is 13.1. The molecule has 2 aromatic carbocycles. The zero-order valence-corrected chi connectivity index (χ0v) is 18.3. The van der Waals surface area contributed by atoms with Gasteiger partial charge in [-0.2, -0.15) is 0 Å². The predicted octanol–water partition coefficient (Wildman–Crippen LogP) is 5.02. The molecule has 2 heterocycles. The summed E-state index contributed by atoms with van der Waals surface area (Å²) in [5.41, 5.74) is 6.47. The molecule has 0 aliphatic heterocycles. The molecule has 32 heavy (non-hydrogen) atoms. The lowest BCUT2D eigenvalue weighted by molar-refractivity contribution is 0.0449. The lowest BCUT2D eigenvalue weighted by Gasteiger charge is -2.15. The number of esters is 1. The van der Waals surface area contributed by atoms with Gasteiger partial charge in [-0.3, -0.25) is 9.36 Å². The number of benzene rings is 2. The van der Waals surface area contributed by atoms with Crippen molar-refractivity contribution in [2.75, 3.05) is 6.61 Å². The minimum absolute atomic E-state index is 0.212. The molecule has 0 fully saturated rings. The van der Waals surface area contributed by atoms with E-state index in [2.05, 4.69) is 16.0 Å². The van der Waals surface area contributed by atoms with E-state index in [4.69, 9.17) is 4.74 Å². The summed E-state index contributed by atoms with van der Waals surface area (Å²) in [6.07, 6.45) is 4.06. The first kappa shape index (κ1) is 20.2. The average Bonchev–Trinajstić information content (AvgIpc) is 3.34. The molecule has 162 valence electrons. The summed E-state index contributed by atoms with van der Waals surface area (Å²) in [5.74, 6) is 0.0391. The Labute approximate surface area is 186 Å². The minimum Gasteiger partial charge on any atom is -0.452 e. The fourth-order valence-electron chi connectivity index (χ4n) is 4.50. The van der Waals surface area contributed by atoms with Gasteiger partial charge in [0.25, 0.3) is 5.91 Å². The van der Waals surface area contributed by atoms with Crippen molar-refractivity contribution in [1.29, 1.82) is 0 Å². The maximum Gasteiger partial charge on any atom is 0.338 e. The van der Waals surface area contributed by atoms with Crippen LogP contribution in [0.25, 0.3) is 22.3 Å². The number of nitrogens with one attached hydrogen (secondary N) is 1. The van der Waals surface area contributed by atoms with E-state index in [1.54, 1.807) is 16.7 Å². The lowest BCUT2D eigenvalue weighted by Crippen LogP contribution is -2.22. The van der Waals surface area contributed by atoms with Gasteiger partial charge in [0.05, 0.1) is 16.8 Å². The highest BCUT2D eigenvalue weighted by Gasteiger charge is 2.24. The summed E-state index contributed by atoms with van der Waals surface area (Å²) in [7, 11) is 0. The van der Waals surface area contributed by atoms with Crippen molar-refractivity contribution < 1.29 is 14.3 Å². The number of aryl methyl sites for hydroxylation is 3. The lowest BCUT2D eigenvalue weighted by atomic mass is 9.95. The van der Waals surface area contributed by atoms with Crippen LogP contribution in [0.2, 0.25) is 0 Å². The van der Waals surface area contributed by atoms with Crippen LogP contribution in [0.3, 0.4) is 0 Å². The van der Waals surface area contributed by atoms with Crippen LogP contribution in [0.5, 0.6) is 0 Å². The van der Waals surface area contributed by atoms with Crippen LogP contribution in [0.1, 0.15) is 50.6 Å². The summed E-state index contributed by atoms with van der Waals surface area (Å²) in [6, 6.07) is 15.0. The maximum absolute atomic E-state index is 13.1. The normalized spacial score (nSPS) is 13.2. The van der Waals surface area contributed by atoms with Gasteiger partial charge in [-0.25, -0.2) is 9.78 Å². The van der Waals surface area contributed by atoms with Gasteiger partial charge in [0.2, 0.25) is 0 Å².